The Morgan fingerprint density at radius 3 is 1.34 bits per heavy atom. The molecule has 0 radical (unpaired) electrons. The van der Waals surface area contributed by atoms with Crippen LogP contribution in [0.3, 0.4) is 0 Å². The van der Waals surface area contributed by atoms with Gasteiger partial charge in [0.1, 0.15) is 0 Å². The normalized spacial score (nSPS) is 10.2. The van der Waals surface area contributed by atoms with E-state index in [2.05, 4.69) is 0 Å². The third kappa shape index (κ3) is 5.40. The predicted octanol–water partition coefficient (Wildman–Crippen LogP) is 3.73. The van der Waals surface area contributed by atoms with Crippen molar-refractivity contribution in [3.05, 3.63) is 105 Å². The Hall–Kier alpha value is -4.83. The molecular formula is C24H13ClO10. The second-order valence-corrected chi connectivity index (χ2v) is 7.13. The Balaban J connectivity index is 1.89. The first-order valence-corrected chi connectivity index (χ1v) is 9.95. The largest absolute Gasteiger partial charge is 0.478 e. The zero-order chi connectivity index (χ0) is 25.7. The maximum atomic E-state index is 12.7. The van der Waals surface area contributed by atoms with Crippen molar-refractivity contribution in [3.8, 4) is 0 Å². The minimum Gasteiger partial charge on any atom is -0.478 e. The lowest BCUT2D eigenvalue weighted by Gasteiger charge is -2.11. The van der Waals surface area contributed by atoms with Crippen LogP contribution in [0.25, 0.3) is 0 Å². The number of carboxylic acids is 2. The van der Waals surface area contributed by atoms with Crippen LogP contribution in [0.4, 0.5) is 0 Å². The molecular weight excluding hydrogens is 484 g/mol. The Labute approximate surface area is 201 Å². The second kappa shape index (κ2) is 10.4. The van der Waals surface area contributed by atoms with Crippen molar-refractivity contribution in [1.29, 1.82) is 0 Å². The molecule has 0 amide bonds. The molecule has 0 fully saturated rings. The fourth-order valence-corrected chi connectivity index (χ4v) is 3.23. The molecule has 11 heteroatoms. The van der Waals surface area contributed by atoms with Crippen molar-refractivity contribution in [2.75, 3.05) is 0 Å². The highest BCUT2D eigenvalue weighted by molar-refractivity contribution is 6.35. The third-order valence-corrected chi connectivity index (χ3v) is 4.88. The first-order valence-electron chi connectivity index (χ1n) is 9.58. The molecule has 0 saturated carbocycles. The van der Waals surface area contributed by atoms with Crippen molar-refractivity contribution >= 4 is 47.4 Å². The van der Waals surface area contributed by atoms with Crippen LogP contribution in [0.15, 0.2) is 66.7 Å². The molecule has 0 aliphatic carbocycles. The SMILES string of the molecule is O=C(O)c1ccccc1C(=O)OC(=O)c1cccc(Cl)c1C(=O)OC(=O)c1ccccc1C(=O)O. The summed E-state index contributed by atoms with van der Waals surface area (Å²) in [4.78, 5) is 72.9. The molecule has 0 heterocycles. The predicted molar refractivity (Wildman–Crippen MR) is 118 cm³/mol. The Bertz CT molecular complexity index is 1390. The van der Waals surface area contributed by atoms with Gasteiger partial charge >= 0.3 is 35.8 Å². The lowest BCUT2D eigenvalue weighted by atomic mass is 10.1. The van der Waals surface area contributed by atoms with E-state index in [0.717, 1.165) is 30.3 Å². The zero-order valence-electron chi connectivity index (χ0n) is 17.4. The average Bonchev–Trinajstić information content (AvgIpc) is 2.83. The van der Waals surface area contributed by atoms with Crippen LogP contribution in [0.2, 0.25) is 5.02 Å². The van der Waals surface area contributed by atoms with E-state index >= 15 is 0 Å². The van der Waals surface area contributed by atoms with Crippen LogP contribution < -0.4 is 0 Å². The van der Waals surface area contributed by atoms with Gasteiger partial charge in [0.2, 0.25) is 0 Å². The van der Waals surface area contributed by atoms with Gasteiger partial charge in [-0.05, 0) is 36.4 Å². The molecule has 2 N–H and O–H groups in total. The molecule has 3 aromatic carbocycles. The topological polar surface area (TPSA) is 161 Å². The molecule has 0 spiro atoms. The first-order chi connectivity index (χ1) is 16.6. The number of halogens is 1. The number of rotatable bonds is 6. The molecule has 3 aromatic rings. The summed E-state index contributed by atoms with van der Waals surface area (Å²) in [5.74, 6) is -8.28. The summed E-state index contributed by atoms with van der Waals surface area (Å²) in [5.41, 5.74) is -2.86. The number of carbonyl (C=O) groups excluding carboxylic acids is 4. The van der Waals surface area contributed by atoms with Crippen LogP contribution in [0.1, 0.15) is 62.1 Å². The lowest BCUT2D eigenvalue weighted by Crippen LogP contribution is -2.21. The van der Waals surface area contributed by atoms with E-state index in [0.29, 0.717) is 0 Å². The first kappa shape index (κ1) is 24.8. The van der Waals surface area contributed by atoms with E-state index < -0.39 is 69.2 Å². The molecule has 0 saturated heterocycles. The standard InChI is InChI=1S/C24H13ClO10/c25-17-11-5-10-16(23(32)34-21(30)14-8-3-1-6-12(14)19(26)27)18(17)24(33)35-22(31)15-9-4-2-7-13(15)20(28)29/h1-11H,(H,26,27)(H,28,29). The average molecular weight is 497 g/mol. The third-order valence-electron chi connectivity index (χ3n) is 4.56. The highest BCUT2D eigenvalue weighted by atomic mass is 35.5. The Morgan fingerprint density at radius 2 is 0.886 bits per heavy atom. The zero-order valence-corrected chi connectivity index (χ0v) is 18.1. The van der Waals surface area contributed by atoms with Gasteiger partial charge in [0.15, 0.2) is 0 Å². The molecule has 35 heavy (non-hydrogen) atoms. The summed E-state index contributed by atoms with van der Waals surface area (Å²) < 4.78 is 9.46. The summed E-state index contributed by atoms with van der Waals surface area (Å²) in [6, 6.07) is 13.5. The number of hydrogen-bond donors (Lipinski definition) is 2. The van der Waals surface area contributed by atoms with E-state index in [1.165, 1.54) is 36.4 Å². The molecule has 0 atom stereocenters. The molecule has 176 valence electrons. The summed E-state index contributed by atoms with van der Waals surface area (Å²) in [6.45, 7) is 0. The van der Waals surface area contributed by atoms with Gasteiger partial charge in [-0.25, -0.2) is 28.8 Å². The molecule has 3 rings (SSSR count). The number of aromatic carboxylic acids is 2. The van der Waals surface area contributed by atoms with E-state index in [-0.39, 0.29) is 5.02 Å². The second-order valence-electron chi connectivity index (χ2n) is 6.72. The quantitative estimate of drug-likeness (QED) is 0.380. The van der Waals surface area contributed by atoms with Gasteiger partial charge in [0, 0.05) is 0 Å². The summed E-state index contributed by atoms with van der Waals surface area (Å²) in [7, 11) is 0. The fraction of sp³-hybridized carbons (Fsp3) is 0. The van der Waals surface area contributed by atoms with Gasteiger partial charge in [0.25, 0.3) is 0 Å². The van der Waals surface area contributed by atoms with Gasteiger partial charge < -0.3 is 19.7 Å². The van der Waals surface area contributed by atoms with Gasteiger partial charge in [-0.1, -0.05) is 41.9 Å². The molecule has 10 nitrogen and oxygen atoms in total. The number of benzene rings is 3. The summed E-state index contributed by atoms with van der Waals surface area (Å²) >= 11 is 6.02. The maximum Gasteiger partial charge on any atom is 0.348 e. The van der Waals surface area contributed by atoms with Crippen molar-refractivity contribution in [3.63, 3.8) is 0 Å². The Morgan fingerprint density at radius 1 is 0.514 bits per heavy atom. The van der Waals surface area contributed by atoms with Crippen molar-refractivity contribution < 1.29 is 48.5 Å². The van der Waals surface area contributed by atoms with Crippen LogP contribution in [0.5, 0.6) is 0 Å². The summed E-state index contributed by atoms with van der Waals surface area (Å²) in [5, 5.41) is 18.1. The smallest absolute Gasteiger partial charge is 0.348 e. The number of carbonyl (C=O) groups is 6. The number of esters is 4. The van der Waals surface area contributed by atoms with Crippen LogP contribution in [-0.4, -0.2) is 46.0 Å². The summed E-state index contributed by atoms with van der Waals surface area (Å²) in [6.07, 6.45) is 0. The highest BCUT2D eigenvalue weighted by Gasteiger charge is 2.28. The van der Waals surface area contributed by atoms with Crippen LogP contribution >= 0.6 is 11.6 Å². The van der Waals surface area contributed by atoms with Crippen molar-refractivity contribution in [1.82, 2.24) is 0 Å². The maximum absolute atomic E-state index is 12.7. The molecule has 0 unspecified atom stereocenters. The van der Waals surface area contributed by atoms with Crippen molar-refractivity contribution in [2.24, 2.45) is 0 Å². The van der Waals surface area contributed by atoms with Crippen LogP contribution in [0, 0.1) is 0 Å². The van der Waals surface area contributed by atoms with E-state index in [1.807, 2.05) is 0 Å². The van der Waals surface area contributed by atoms with E-state index in [9.17, 15) is 39.0 Å². The van der Waals surface area contributed by atoms with Crippen molar-refractivity contribution in [2.45, 2.75) is 0 Å². The van der Waals surface area contributed by atoms with E-state index in [1.54, 1.807) is 0 Å². The lowest BCUT2D eigenvalue weighted by molar-refractivity contribution is 0.0354. The number of hydrogen-bond acceptors (Lipinski definition) is 8. The minimum atomic E-state index is -1.44. The van der Waals surface area contributed by atoms with Gasteiger partial charge in [-0.15, -0.1) is 0 Å². The molecule has 0 aliphatic rings. The fourth-order valence-electron chi connectivity index (χ4n) is 2.98. The number of carboxylic acid groups (broad SMARTS) is 2. The van der Waals surface area contributed by atoms with Gasteiger partial charge in [0.05, 0.1) is 38.4 Å². The minimum absolute atomic E-state index is 0.331. The molecule has 0 aliphatic heterocycles. The monoisotopic (exact) mass is 496 g/mol. The van der Waals surface area contributed by atoms with E-state index in [4.69, 9.17) is 21.1 Å². The molecule has 0 aromatic heterocycles. The van der Waals surface area contributed by atoms with Gasteiger partial charge in [-0.3, -0.25) is 0 Å². The Kier molecular flexibility index (Phi) is 7.37. The van der Waals surface area contributed by atoms with Gasteiger partial charge in [-0.2, -0.15) is 0 Å². The highest BCUT2D eigenvalue weighted by Crippen LogP contribution is 2.24. The number of ether oxygens (including phenoxy) is 2. The van der Waals surface area contributed by atoms with Crippen LogP contribution in [-0.2, 0) is 9.47 Å². The molecule has 0 bridgehead atoms.